The normalized spacial score (nSPS) is 11.5. The van der Waals surface area contributed by atoms with E-state index in [0.717, 1.165) is 10.6 Å². The summed E-state index contributed by atoms with van der Waals surface area (Å²) in [6.07, 6.45) is 1.26. The van der Waals surface area contributed by atoms with E-state index >= 15 is 0 Å². The molecule has 80 valence electrons. The number of halogens is 3. The molecule has 2 nitrogen and oxygen atoms in total. The summed E-state index contributed by atoms with van der Waals surface area (Å²) in [5, 5.41) is 0.569. The highest BCUT2D eigenvalue weighted by Gasteiger charge is 2.13. The summed E-state index contributed by atoms with van der Waals surface area (Å²) < 4.78 is 38.8. The Morgan fingerprint density at radius 2 is 2.07 bits per heavy atom. The summed E-state index contributed by atoms with van der Waals surface area (Å²) in [6, 6.07) is 3.78. The van der Waals surface area contributed by atoms with Gasteiger partial charge in [-0.05, 0) is 23.8 Å². The van der Waals surface area contributed by atoms with Crippen molar-refractivity contribution < 1.29 is 13.2 Å². The van der Waals surface area contributed by atoms with Crippen LogP contribution < -0.4 is 5.73 Å². The highest BCUT2D eigenvalue weighted by atomic mass is 19.3. The molecule has 0 unspecified atom stereocenters. The third-order valence-corrected chi connectivity index (χ3v) is 2.31. The maximum Gasteiger partial charge on any atom is 0.319 e. The average molecular weight is 214 g/mol. The molecular weight excluding hydrogens is 205 g/mol. The van der Waals surface area contributed by atoms with Crippen LogP contribution in [0.3, 0.4) is 0 Å². The average Bonchev–Trinajstić information content (AvgIpc) is 2.55. The van der Waals surface area contributed by atoms with Crippen molar-refractivity contribution >= 4 is 10.9 Å². The fourth-order valence-corrected chi connectivity index (χ4v) is 1.62. The number of fused-ring (bicyclic) bond motifs is 1. The molecule has 0 aliphatic carbocycles. The van der Waals surface area contributed by atoms with Gasteiger partial charge >= 0.3 is 6.55 Å². The van der Waals surface area contributed by atoms with Crippen molar-refractivity contribution in [1.82, 2.24) is 4.57 Å². The second kappa shape index (κ2) is 3.58. The minimum absolute atomic E-state index is 0.155. The van der Waals surface area contributed by atoms with Crippen LogP contribution in [0, 0.1) is 5.82 Å². The molecule has 0 aliphatic heterocycles. The molecule has 2 aromatic rings. The van der Waals surface area contributed by atoms with Gasteiger partial charge in [0.2, 0.25) is 0 Å². The number of hydrogen-bond acceptors (Lipinski definition) is 1. The van der Waals surface area contributed by atoms with Gasteiger partial charge in [0.1, 0.15) is 5.82 Å². The van der Waals surface area contributed by atoms with Crippen molar-refractivity contribution in [3.05, 3.63) is 35.8 Å². The molecule has 1 aromatic heterocycles. The van der Waals surface area contributed by atoms with Gasteiger partial charge in [0.15, 0.2) is 0 Å². The highest BCUT2D eigenvalue weighted by Crippen LogP contribution is 2.26. The molecule has 0 saturated heterocycles. The lowest BCUT2D eigenvalue weighted by atomic mass is 10.2. The molecule has 0 spiro atoms. The van der Waals surface area contributed by atoms with E-state index in [1.165, 1.54) is 18.3 Å². The van der Waals surface area contributed by atoms with Gasteiger partial charge in [-0.2, -0.15) is 8.78 Å². The van der Waals surface area contributed by atoms with Gasteiger partial charge in [-0.3, -0.25) is 4.57 Å². The molecule has 15 heavy (non-hydrogen) atoms. The molecule has 0 radical (unpaired) electrons. The van der Waals surface area contributed by atoms with E-state index in [-0.39, 0.29) is 12.1 Å². The third kappa shape index (κ3) is 1.59. The maximum atomic E-state index is 12.9. The van der Waals surface area contributed by atoms with Crippen molar-refractivity contribution in [3.63, 3.8) is 0 Å². The van der Waals surface area contributed by atoms with Crippen molar-refractivity contribution in [2.75, 3.05) is 0 Å². The van der Waals surface area contributed by atoms with Gasteiger partial charge in [0.25, 0.3) is 0 Å². The van der Waals surface area contributed by atoms with Crippen LogP contribution in [0.25, 0.3) is 10.9 Å². The third-order valence-electron chi connectivity index (χ3n) is 2.31. The van der Waals surface area contributed by atoms with E-state index in [0.29, 0.717) is 10.9 Å². The van der Waals surface area contributed by atoms with Gasteiger partial charge in [0, 0.05) is 18.1 Å². The molecule has 0 aliphatic rings. The lowest BCUT2D eigenvalue weighted by molar-refractivity contribution is 0.0750. The topological polar surface area (TPSA) is 30.9 Å². The Kier molecular flexibility index (Phi) is 2.40. The number of nitrogens with zero attached hydrogens (tertiary/aromatic N) is 1. The lowest BCUT2D eigenvalue weighted by Crippen LogP contribution is -1.96. The second-order valence-corrected chi connectivity index (χ2v) is 3.20. The summed E-state index contributed by atoms with van der Waals surface area (Å²) in [6.45, 7) is -2.53. The van der Waals surface area contributed by atoms with E-state index in [2.05, 4.69) is 0 Å². The van der Waals surface area contributed by atoms with E-state index in [4.69, 9.17) is 5.73 Å². The second-order valence-electron chi connectivity index (χ2n) is 3.20. The summed E-state index contributed by atoms with van der Waals surface area (Å²) in [5.41, 5.74) is 6.18. The Balaban J connectivity index is 2.76. The summed E-state index contributed by atoms with van der Waals surface area (Å²) in [5.74, 6) is -0.536. The Labute approximate surface area is 84.1 Å². The predicted molar refractivity (Wildman–Crippen MR) is 51.0 cm³/mol. The predicted octanol–water partition coefficient (Wildman–Crippen LogP) is 2.63. The smallest absolute Gasteiger partial charge is 0.319 e. The molecule has 0 atom stereocenters. The minimum Gasteiger partial charge on any atom is -0.326 e. The number of aromatic nitrogens is 1. The van der Waals surface area contributed by atoms with Gasteiger partial charge in [-0.25, -0.2) is 4.39 Å². The van der Waals surface area contributed by atoms with E-state index < -0.39 is 12.4 Å². The zero-order valence-corrected chi connectivity index (χ0v) is 7.75. The summed E-state index contributed by atoms with van der Waals surface area (Å²) >= 11 is 0. The van der Waals surface area contributed by atoms with Gasteiger partial charge in [-0.1, -0.05) is 0 Å². The van der Waals surface area contributed by atoms with Crippen LogP contribution in [0.15, 0.2) is 24.4 Å². The first kappa shape index (κ1) is 10.0. The number of nitrogens with two attached hydrogens (primary N) is 1. The lowest BCUT2D eigenvalue weighted by Gasteiger charge is -2.02. The van der Waals surface area contributed by atoms with Crippen LogP contribution in [-0.2, 0) is 6.54 Å². The van der Waals surface area contributed by atoms with Gasteiger partial charge in [0.05, 0.1) is 5.52 Å². The first-order chi connectivity index (χ1) is 7.13. The van der Waals surface area contributed by atoms with Crippen molar-refractivity contribution in [2.45, 2.75) is 13.1 Å². The van der Waals surface area contributed by atoms with E-state index in [9.17, 15) is 13.2 Å². The largest absolute Gasteiger partial charge is 0.326 e. The maximum absolute atomic E-state index is 12.9. The first-order valence-corrected chi connectivity index (χ1v) is 4.40. The Morgan fingerprint density at radius 3 is 2.67 bits per heavy atom. The molecule has 2 rings (SSSR count). The van der Waals surface area contributed by atoms with Crippen LogP contribution in [0.4, 0.5) is 13.2 Å². The Hall–Kier alpha value is -1.49. The van der Waals surface area contributed by atoms with Crippen LogP contribution in [-0.4, -0.2) is 4.57 Å². The molecule has 2 N–H and O–H groups in total. The molecule has 0 fully saturated rings. The SMILES string of the molecule is NCc1cn(C(F)F)c2cc(F)ccc12. The monoisotopic (exact) mass is 214 g/mol. The van der Waals surface area contributed by atoms with E-state index in [1.807, 2.05) is 0 Å². The van der Waals surface area contributed by atoms with E-state index in [1.54, 1.807) is 0 Å². The molecule has 1 aromatic carbocycles. The fraction of sp³-hybridized carbons (Fsp3) is 0.200. The number of alkyl halides is 2. The zero-order chi connectivity index (χ0) is 11.0. The summed E-state index contributed by atoms with van der Waals surface area (Å²) in [7, 11) is 0. The van der Waals surface area contributed by atoms with Gasteiger partial charge < -0.3 is 5.73 Å². The van der Waals surface area contributed by atoms with Crippen LogP contribution in [0.5, 0.6) is 0 Å². The van der Waals surface area contributed by atoms with Crippen LogP contribution >= 0.6 is 0 Å². The summed E-state index contributed by atoms with van der Waals surface area (Å²) in [4.78, 5) is 0. The minimum atomic E-state index is -2.69. The van der Waals surface area contributed by atoms with Crippen LogP contribution in [0.1, 0.15) is 12.1 Å². The molecule has 0 bridgehead atoms. The van der Waals surface area contributed by atoms with Crippen LogP contribution in [0.2, 0.25) is 0 Å². The highest BCUT2D eigenvalue weighted by molar-refractivity contribution is 5.84. The zero-order valence-electron chi connectivity index (χ0n) is 7.75. The fourth-order valence-electron chi connectivity index (χ4n) is 1.62. The number of hydrogen-bond donors (Lipinski definition) is 1. The number of benzene rings is 1. The quantitative estimate of drug-likeness (QED) is 0.818. The molecular formula is C10H9F3N2. The first-order valence-electron chi connectivity index (χ1n) is 4.40. The Bertz CT molecular complexity index is 491. The molecule has 0 saturated carbocycles. The molecule has 5 heteroatoms. The van der Waals surface area contributed by atoms with Crippen molar-refractivity contribution in [2.24, 2.45) is 5.73 Å². The number of rotatable bonds is 2. The molecule has 1 heterocycles. The Morgan fingerprint density at radius 1 is 1.33 bits per heavy atom. The van der Waals surface area contributed by atoms with Crippen molar-refractivity contribution in [3.8, 4) is 0 Å². The van der Waals surface area contributed by atoms with Crippen molar-refractivity contribution in [1.29, 1.82) is 0 Å². The molecule has 0 amide bonds. The van der Waals surface area contributed by atoms with Gasteiger partial charge in [-0.15, -0.1) is 0 Å². The standard InChI is InChI=1S/C10H9F3N2/c11-7-1-2-8-6(4-14)5-15(10(12)13)9(8)3-7/h1-3,5,10H,4,14H2.